The first kappa shape index (κ1) is 24.1. The number of aromatic nitrogens is 8. The number of imidazole rings is 2. The van der Waals surface area contributed by atoms with Gasteiger partial charge in [0.2, 0.25) is 0 Å². The van der Waals surface area contributed by atoms with E-state index in [2.05, 4.69) is 34.8 Å². The maximum Gasteiger partial charge on any atom is 0.406 e. The van der Waals surface area contributed by atoms with Gasteiger partial charge in [-0.15, -0.1) is 0 Å². The van der Waals surface area contributed by atoms with Gasteiger partial charge in [0.25, 0.3) is 0 Å². The van der Waals surface area contributed by atoms with Crippen molar-refractivity contribution >= 4 is 34.0 Å². The molecule has 0 unspecified atom stereocenters. The number of alkyl halides is 3. The standard InChI is InChI=1S/C21H26F3N11O/c1-20(36)3-4-33(7-13(20)35-12-31-14-16(25)26-9-29-19(14)35)6-5-32(2)17-15-18(28-10-27-17)34(11-30-15)8-21(22,23)24/h9-13,36H,3-8H2,1-2H3,(H2,25,26,29)/t13-,20-/m1/s1. The van der Waals surface area contributed by atoms with Crippen LogP contribution in [0, 0.1) is 0 Å². The molecule has 12 nitrogen and oxygen atoms in total. The summed E-state index contributed by atoms with van der Waals surface area (Å²) in [5, 5.41) is 11.1. The summed E-state index contributed by atoms with van der Waals surface area (Å²) in [5.74, 6) is 0.732. The molecule has 0 aliphatic carbocycles. The Hall–Kier alpha value is -3.59. The third-order valence-corrected chi connectivity index (χ3v) is 6.65. The third kappa shape index (κ3) is 4.51. The summed E-state index contributed by atoms with van der Waals surface area (Å²) < 4.78 is 41.5. The first-order chi connectivity index (χ1) is 17.0. The minimum absolute atomic E-state index is 0.131. The third-order valence-electron chi connectivity index (χ3n) is 6.65. The number of likely N-dealkylation sites (N-methyl/N-ethyl adjacent to an activating group) is 1. The fraction of sp³-hybridized carbons (Fsp3) is 0.524. The molecule has 15 heteroatoms. The number of anilines is 2. The lowest BCUT2D eigenvalue weighted by molar-refractivity contribution is -0.140. The second-order valence-electron chi connectivity index (χ2n) is 9.29. The monoisotopic (exact) mass is 505 g/mol. The molecule has 5 heterocycles. The van der Waals surface area contributed by atoms with Crippen LogP contribution in [0.3, 0.4) is 0 Å². The summed E-state index contributed by atoms with van der Waals surface area (Å²) in [5.41, 5.74) is 6.43. The zero-order valence-electron chi connectivity index (χ0n) is 19.8. The van der Waals surface area contributed by atoms with Crippen LogP contribution in [-0.2, 0) is 6.54 Å². The number of halogens is 3. The molecule has 36 heavy (non-hydrogen) atoms. The number of nitrogens with two attached hydrogens (primary N) is 1. The lowest BCUT2D eigenvalue weighted by atomic mass is 9.88. The Kier molecular flexibility index (Phi) is 5.90. The Morgan fingerprint density at radius 3 is 2.58 bits per heavy atom. The van der Waals surface area contributed by atoms with E-state index in [4.69, 9.17) is 5.73 Å². The highest BCUT2D eigenvalue weighted by atomic mass is 19.4. The van der Waals surface area contributed by atoms with E-state index in [9.17, 15) is 18.3 Å². The smallest absolute Gasteiger partial charge is 0.388 e. The molecule has 3 N–H and O–H groups in total. The highest BCUT2D eigenvalue weighted by molar-refractivity contribution is 5.83. The molecule has 192 valence electrons. The van der Waals surface area contributed by atoms with Crippen molar-refractivity contribution in [3.63, 3.8) is 0 Å². The summed E-state index contributed by atoms with van der Waals surface area (Å²) in [6, 6.07) is -0.320. The summed E-state index contributed by atoms with van der Waals surface area (Å²) in [4.78, 5) is 29.1. The fourth-order valence-electron chi connectivity index (χ4n) is 4.63. The van der Waals surface area contributed by atoms with Crippen LogP contribution in [-0.4, -0.2) is 94.0 Å². The number of hydrogen-bond donors (Lipinski definition) is 2. The van der Waals surface area contributed by atoms with Crippen LogP contribution in [0.25, 0.3) is 22.3 Å². The van der Waals surface area contributed by atoms with Crippen LogP contribution in [0.5, 0.6) is 0 Å². The van der Waals surface area contributed by atoms with Crippen molar-refractivity contribution < 1.29 is 18.3 Å². The van der Waals surface area contributed by atoms with E-state index < -0.39 is 18.3 Å². The molecule has 5 rings (SSSR count). The number of nitrogen functional groups attached to an aromatic ring is 1. The Balaban J connectivity index is 1.31. The lowest BCUT2D eigenvalue weighted by Gasteiger charge is -2.43. The Morgan fingerprint density at radius 1 is 1.08 bits per heavy atom. The van der Waals surface area contributed by atoms with Crippen molar-refractivity contribution in [1.82, 2.24) is 43.9 Å². The van der Waals surface area contributed by atoms with Gasteiger partial charge in [0.05, 0.1) is 24.3 Å². The van der Waals surface area contributed by atoms with Crippen molar-refractivity contribution in [2.75, 3.05) is 43.9 Å². The molecular weight excluding hydrogens is 479 g/mol. The van der Waals surface area contributed by atoms with Crippen molar-refractivity contribution in [2.24, 2.45) is 0 Å². The minimum atomic E-state index is -4.38. The van der Waals surface area contributed by atoms with Gasteiger partial charge in [0, 0.05) is 33.2 Å². The van der Waals surface area contributed by atoms with E-state index in [1.807, 2.05) is 16.5 Å². The topological polar surface area (TPSA) is 140 Å². The number of aliphatic hydroxyl groups is 1. The molecule has 0 saturated carbocycles. The molecule has 4 aromatic rings. The second kappa shape index (κ2) is 8.81. The van der Waals surface area contributed by atoms with Gasteiger partial charge in [-0.25, -0.2) is 29.9 Å². The molecule has 2 atom stereocenters. The molecule has 1 saturated heterocycles. The van der Waals surface area contributed by atoms with E-state index in [1.54, 1.807) is 13.3 Å². The van der Waals surface area contributed by atoms with Crippen molar-refractivity contribution in [1.29, 1.82) is 0 Å². The number of hydrogen-bond acceptors (Lipinski definition) is 10. The van der Waals surface area contributed by atoms with Crippen molar-refractivity contribution in [3.05, 3.63) is 25.3 Å². The van der Waals surface area contributed by atoms with Gasteiger partial charge in [-0.2, -0.15) is 13.2 Å². The molecule has 4 aromatic heterocycles. The van der Waals surface area contributed by atoms with Crippen molar-refractivity contribution in [2.45, 2.75) is 37.7 Å². The summed E-state index contributed by atoms with van der Waals surface area (Å²) in [6.45, 7) is 3.00. The highest BCUT2D eigenvalue weighted by Gasteiger charge is 2.39. The molecule has 0 spiro atoms. The minimum Gasteiger partial charge on any atom is -0.388 e. The summed E-state index contributed by atoms with van der Waals surface area (Å²) >= 11 is 0. The van der Waals surface area contributed by atoms with Gasteiger partial charge >= 0.3 is 6.18 Å². The Morgan fingerprint density at radius 2 is 1.81 bits per heavy atom. The maximum atomic E-state index is 12.9. The zero-order valence-corrected chi connectivity index (χ0v) is 19.8. The predicted octanol–water partition coefficient (Wildman–Crippen LogP) is 1.24. The molecule has 0 bridgehead atoms. The molecule has 0 amide bonds. The molecule has 0 radical (unpaired) electrons. The van der Waals surface area contributed by atoms with Crippen LogP contribution < -0.4 is 10.6 Å². The van der Waals surface area contributed by atoms with E-state index in [0.717, 1.165) is 10.9 Å². The first-order valence-electron chi connectivity index (χ1n) is 11.3. The SMILES string of the molecule is CN(CCN1CC[C@@](C)(O)[C@H](n2cnc3c(N)ncnc32)C1)c1ncnc2c1ncn2CC(F)(F)F. The van der Waals surface area contributed by atoms with Gasteiger partial charge in [-0.1, -0.05) is 0 Å². The van der Waals surface area contributed by atoms with Crippen LogP contribution >= 0.6 is 0 Å². The normalized spacial score (nSPS) is 21.4. The Bertz CT molecular complexity index is 1380. The predicted molar refractivity (Wildman–Crippen MR) is 125 cm³/mol. The first-order valence-corrected chi connectivity index (χ1v) is 11.3. The highest BCUT2D eigenvalue weighted by Crippen LogP contribution is 2.34. The van der Waals surface area contributed by atoms with Gasteiger partial charge in [-0.3, -0.25) is 4.90 Å². The average Bonchev–Trinajstić information content (AvgIpc) is 3.42. The van der Waals surface area contributed by atoms with Crippen LogP contribution in [0.2, 0.25) is 0 Å². The Labute approximate surface area is 203 Å². The largest absolute Gasteiger partial charge is 0.406 e. The number of piperidine rings is 1. The fourth-order valence-corrected chi connectivity index (χ4v) is 4.63. The van der Waals surface area contributed by atoms with Gasteiger partial charge in [0.15, 0.2) is 28.4 Å². The van der Waals surface area contributed by atoms with Gasteiger partial charge in [0.1, 0.15) is 24.7 Å². The molecule has 1 fully saturated rings. The zero-order chi connectivity index (χ0) is 25.7. The van der Waals surface area contributed by atoms with E-state index in [0.29, 0.717) is 55.1 Å². The number of nitrogens with zero attached hydrogens (tertiary/aromatic N) is 10. The van der Waals surface area contributed by atoms with Gasteiger partial charge in [-0.05, 0) is 13.3 Å². The van der Waals surface area contributed by atoms with Crippen LogP contribution in [0.15, 0.2) is 25.3 Å². The summed E-state index contributed by atoms with van der Waals surface area (Å²) in [6.07, 6.45) is 1.52. The number of rotatable bonds is 6. The molecule has 1 aliphatic heterocycles. The van der Waals surface area contributed by atoms with Gasteiger partial charge < -0.3 is 24.9 Å². The lowest BCUT2D eigenvalue weighted by Crippen LogP contribution is -2.52. The molecule has 1 aliphatic rings. The number of fused-ring (bicyclic) bond motifs is 2. The van der Waals surface area contributed by atoms with E-state index >= 15 is 0 Å². The van der Waals surface area contributed by atoms with Crippen LogP contribution in [0.1, 0.15) is 19.4 Å². The van der Waals surface area contributed by atoms with Crippen LogP contribution in [0.4, 0.5) is 24.8 Å². The molecular formula is C21H26F3N11O. The second-order valence-corrected chi connectivity index (χ2v) is 9.29. The van der Waals surface area contributed by atoms with E-state index in [-0.39, 0.29) is 17.5 Å². The summed E-state index contributed by atoms with van der Waals surface area (Å²) in [7, 11) is 1.81. The quantitative estimate of drug-likeness (QED) is 0.393. The average molecular weight is 506 g/mol. The molecule has 0 aromatic carbocycles. The van der Waals surface area contributed by atoms with Crippen molar-refractivity contribution in [3.8, 4) is 0 Å². The van der Waals surface area contributed by atoms with E-state index in [1.165, 1.54) is 12.7 Å². The maximum absolute atomic E-state index is 12.9. The number of likely N-dealkylation sites (tertiary alicyclic amines) is 1.